The topological polar surface area (TPSA) is 60.2 Å². The van der Waals surface area contributed by atoms with Gasteiger partial charge in [0.25, 0.3) is 0 Å². The molecule has 0 saturated carbocycles. The molecule has 15 heavy (non-hydrogen) atoms. The number of sulfone groups is 1. The van der Waals surface area contributed by atoms with E-state index in [0.29, 0.717) is 13.0 Å². The molecule has 0 amide bonds. The van der Waals surface area contributed by atoms with E-state index in [-0.39, 0.29) is 5.75 Å². The molecule has 0 saturated heterocycles. The van der Waals surface area contributed by atoms with Crippen LogP contribution in [0.3, 0.4) is 0 Å². The average molecular weight is 233 g/mol. The summed E-state index contributed by atoms with van der Waals surface area (Å²) in [5.41, 5.74) is 6.47. The summed E-state index contributed by atoms with van der Waals surface area (Å²) in [5, 5.41) is 0. The zero-order chi connectivity index (χ0) is 12.1. The van der Waals surface area contributed by atoms with E-state index in [2.05, 4.69) is 0 Å². The summed E-state index contributed by atoms with van der Waals surface area (Å²) < 4.78 is 22.9. The van der Waals surface area contributed by atoms with Crippen molar-refractivity contribution < 1.29 is 8.42 Å². The highest BCUT2D eigenvalue weighted by Gasteiger charge is 2.28. The molecule has 0 fully saturated rings. The van der Waals surface area contributed by atoms with Crippen LogP contribution in [0.15, 0.2) is 11.6 Å². The first kappa shape index (κ1) is 14.6. The predicted octanol–water partition coefficient (Wildman–Crippen LogP) is 1.88. The van der Waals surface area contributed by atoms with Gasteiger partial charge in [-0.05, 0) is 47.1 Å². The smallest absolute Gasteiger partial charge is 0.155 e. The minimum absolute atomic E-state index is 0.226. The van der Waals surface area contributed by atoms with Crippen molar-refractivity contribution in [3.8, 4) is 0 Å². The maximum Gasteiger partial charge on any atom is 0.155 e. The number of hydrogen-bond donors (Lipinski definition) is 1. The summed E-state index contributed by atoms with van der Waals surface area (Å²) in [5.74, 6) is 0.226. The third-order valence-corrected chi connectivity index (χ3v) is 4.97. The Kier molecular flexibility index (Phi) is 5.53. The molecule has 0 aromatic rings. The predicted molar refractivity (Wildman–Crippen MR) is 65.6 cm³/mol. The van der Waals surface area contributed by atoms with E-state index in [1.165, 1.54) is 0 Å². The molecular weight excluding hydrogens is 210 g/mol. The molecule has 0 aromatic heterocycles. The minimum atomic E-state index is -2.99. The zero-order valence-electron chi connectivity index (χ0n) is 10.2. The molecular formula is C11H23NO2S. The first-order chi connectivity index (χ1) is 6.70. The van der Waals surface area contributed by atoms with E-state index in [9.17, 15) is 8.42 Å². The van der Waals surface area contributed by atoms with E-state index in [4.69, 9.17) is 5.73 Å². The molecule has 0 heterocycles. The summed E-state index contributed by atoms with van der Waals surface area (Å²) in [7, 11) is -2.99. The monoisotopic (exact) mass is 233 g/mol. The van der Waals surface area contributed by atoms with Gasteiger partial charge in [0, 0.05) is 0 Å². The number of allylic oxidation sites excluding steroid dienone is 1. The van der Waals surface area contributed by atoms with Crippen LogP contribution >= 0.6 is 0 Å². The Labute approximate surface area is 93.7 Å². The molecule has 3 nitrogen and oxygen atoms in total. The summed E-state index contributed by atoms with van der Waals surface area (Å²) in [6, 6.07) is 0. The SMILES string of the molecule is CC(=CCCN)CCS(=O)(=O)C(C)(C)C. The van der Waals surface area contributed by atoms with Crippen molar-refractivity contribution >= 4 is 9.84 Å². The molecule has 0 bridgehead atoms. The van der Waals surface area contributed by atoms with Crippen LogP contribution < -0.4 is 5.73 Å². The standard InChI is InChI=1S/C11H23NO2S/c1-10(6-5-8-12)7-9-15(13,14)11(2,3)4/h6H,5,7-9,12H2,1-4H3. The van der Waals surface area contributed by atoms with E-state index in [1.807, 2.05) is 13.0 Å². The number of rotatable bonds is 5. The highest BCUT2D eigenvalue weighted by Crippen LogP contribution is 2.18. The maximum absolute atomic E-state index is 11.8. The second-order valence-electron chi connectivity index (χ2n) is 4.81. The van der Waals surface area contributed by atoms with Crippen molar-refractivity contribution in [2.45, 2.75) is 45.3 Å². The fraction of sp³-hybridized carbons (Fsp3) is 0.818. The Morgan fingerprint density at radius 3 is 2.27 bits per heavy atom. The third-order valence-electron chi connectivity index (χ3n) is 2.36. The van der Waals surface area contributed by atoms with Gasteiger partial charge in [0.2, 0.25) is 0 Å². The molecule has 0 spiro atoms. The van der Waals surface area contributed by atoms with Crippen molar-refractivity contribution in [2.75, 3.05) is 12.3 Å². The number of nitrogens with two attached hydrogens (primary N) is 1. The highest BCUT2D eigenvalue weighted by molar-refractivity contribution is 7.92. The lowest BCUT2D eigenvalue weighted by atomic mass is 10.2. The second kappa shape index (κ2) is 5.66. The summed E-state index contributed by atoms with van der Waals surface area (Å²) in [4.78, 5) is 0. The molecule has 0 radical (unpaired) electrons. The van der Waals surface area contributed by atoms with Crippen molar-refractivity contribution in [2.24, 2.45) is 5.73 Å². The fourth-order valence-corrected chi connectivity index (χ4v) is 2.24. The molecule has 0 aliphatic carbocycles. The lowest BCUT2D eigenvalue weighted by Crippen LogP contribution is -2.30. The highest BCUT2D eigenvalue weighted by atomic mass is 32.2. The van der Waals surface area contributed by atoms with Gasteiger partial charge in [-0.25, -0.2) is 8.42 Å². The molecule has 0 atom stereocenters. The van der Waals surface area contributed by atoms with Crippen LogP contribution in [0.4, 0.5) is 0 Å². The Bertz CT molecular complexity index is 310. The van der Waals surface area contributed by atoms with Gasteiger partial charge in [-0.15, -0.1) is 0 Å². The van der Waals surface area contributed by atoms with Gasteiger partial charge in [-0.2, -0.15) is 0 Å². The van der Waals surface area contributed by atoms with Crippen molar-refractivity contribution in [1.29, 1.82) is 0 Å². The summed E-state index contributed by atoms with van der Waals surface area (Å²) in [6.45, 7) is 7.78. The average Bonchev–Trinajstić information content (AvgIpc) is 2.09. The zero-order valence-corrected chi connectivity index (χ0v) is 11.0. The van der Waals surface area contributed by atoms with E-state index < -0.39 is 14.6 Å². The van der Waals surface area contributed by atoms with Crippen LogP contribution in [-0.4, -0.2) is 25.5 Å². The lowest BCUT2D eigenvalue weighted by molar-refractivity contribution is 0.559. The molecule has 90 valence electrons. The quantitative estimate of drug-likeness (QED) is 0.738. The Balaban J connectivity index is 4.29. The van der Waals surface area contributed by atoms with Crippen LogP contribution in [0.25, 0.3) is 0 Å². The van der Waals surface area contributed by atoms with E-state index in [1.54, 1.807) is 20.8 Å². The Morgan fingerprint density at radius 2 is 1.87 bits per heavy atom. The molecule has 0 rings (SSSR count). The van der Waals surface area contributed by atoms with Crippen LogP contribution in [0, 0.1) is 0 Å². The summed E-state index contributed by atoms with van der Waals surface area (Å²) >= 11 is 0. The Hall–Kier alpha value is -0.350. The van der Waals surface area contributed by atoms with Crippen LogP contribution in [0.5, 0.6) is 0 Å². The molecule has 2 N–H and O–H groups in total. The summed E-state index contributed by atoms with van der Waals surface area (Å²) in [6.07, 6.45) is 3.44. The van der Waals surface area contributed by atoms with Crippen LogP contribution in [0.1, 0.15) is 40.5 Å². The number of hydrogen-bond acceptors (Lipinski definition) is 3. The molecule has 0 aliphatic heterocycles. The van der Waals surface area contributed by atoms with Crippen molar-refractivity contribution in [3.05, 3.63) is 11.6 Å². The van der Waals surface area contributed by atoms with Gasteiger partial charge < -0.3 is 5.73 Å². The minimum Gasteiger partial charge on any atom is -0.330 e. The van der Waals surface area contributed by atoms with Gasteiger partial charge in [-0.1, -0.05) is 11.6 Å². The normalized spacial score (nSPS) is 14.3. The van der Waals surface area contributed by atoms with Gasteiger partial charge in [0.05, 0.1) is 10.5 Å². The third kappa shape index (κ3) is 5.33. The molecule has 0 aliphatic rings. The Morgan fingerprint density at radius 1 is 1.33 bits per heavy atom. The van der Waals surface area contributed by atoms with E-state index in [0.717, 1.165) is 12.0 Å². The molecule has 0 aromatic carbocycles. The van der Waals surface area contributed by atoms with Crippen LogP contribution in [0.2, 0.25) is 0 Å². The van der Waals surface area contributed by atoms with Gasteiger partial charge in [0.1, 0.15) is 0 Å². The largest absolute Gasteiger partial charge is 0.330 e. The first-order valence-corrected chi connectivity index (χ1v) is 6.94. The second-order valence-corrected chi connectivity index (χ2v) is 7.67. The van der Waals surface area contributed by atoms with Gasteiger partial charge >= 0.3 is 0 Å². The maximum atomic E-state index is 11.8. The van der Waals surface area contributed by atoms with Gasteiger partial charge in [0.15, 0.2) is 9.84 Å². The van der Waals surface area contributed by atoms with Crippen molar-refractivity contribution in [3.63, 3.8) is 0 Å². The first-order valence-electron chi connectivity index (χ1n) is 5.28. The molecule has 4 heteroatoms. The van der Waals surface area contributed by atoms with Gasteiger partial charge in [-0.3, -0.25) is 0 Å². The fourth-order valence-electron chi connectivity index (χ4n) is 1.03. The van der Waals surface area contributed by atoms with Crippen LogP contribution in [-0.2, 0) is 9.84 Å². The molecule has 0 unspecified atom stereocenters. The van der Waals surface area contributed by atoms with Crippen molar-refractivity contribution in [1.82, 2.24) is 0 Å². The lowest BCUT2D eigenvalue weighted by Gasteiger charge is -2.19. The van der Waals surface area contributed by atoms with E-state index >= 15 is 0 Å².